The van der Waals surface area contributed by atoms with Gasteiger partial charge >= 0.3 is 0 Å². The molecule has 2 aliphatic rings. The fraction of sp³-hybridized carbons (Fsp3) is 0.682. The van der Waals surface area contributed by atoms with E-state index >= 15 is 0 Å². The van der Waals surface area contributed by atoms with Gasteiger partial charge in [0.1, 0.15) is 11.5 Å². The fourth-order valence-corrected chi connectivity index (χ4v) is 4.12. The van der Waals surface area contributed by atoms with Crippen LogP contribution in [-0.2, 0) is 11.3 Å². The Hall–Kier alpha value is -1.71. The number of methoxy groups -OCH3 is 2. The van der Waals surface area contributed by atoms with Gasteiger partial charge in [0.25, 0.3) is 6.71 Å². The SMILES string of the molecule is CC.CC.COc1ccc(CNC2CB(C#N)CC3(CCOC3)C2)c(OC)c1. The van der Waals surface area contributed by atoms with Crippen LogP contribution in [0.1, 0.15) is 46.1 Å². The molecule has 0 saturated carbocycles. The Labute approximate surface area is 171 Å². The minimum absolute atomic E-state index is 0.121. The summed E-state index contributed by atoms with van der Waals surface area (Å²) in [6.07, 6.45) is 4.06. The molecule has 1 spiro atoms. The molecule has 2 heterocycles. The van der Waals surface area contributed by atoms with E-state index in [4.69, 9.17) is 14.2 Å². The summed E-state index contributed by atoms with van der Waals surface area (Å²) in [5, 5.41) is 13.1. The van der Waals surface area contributed by atoms with Crippen molar-refractivity contribution < 1.29 is 14.2 Å². The number of ether oxygens (including phenoxy) is 3. The molecule has 1 N–H and O–H groups in total. The van der Waals surface area contributed by atoms with Crippen molar-refractivity contribution in [3.63, 3.8) is 0 Å². The Bertz CT molecular complexity index is 612. The van der Waals surface area contributed by atoms with Gasteiger partial charge in [-0.1, -0.05) is 40.1 Å². The number of benzene rings is 1. The summed E-state index contributed by atoms with van der Waals surface area (Å²) in [4.78, 5) is 0. The van der Waals surface area contributed by atoms with E-state index in [-0.39, 0.29) is 12.1 Å². The standard InChI is InChI=1S/C18H25BN2O3.2C2H6/c1-22-16-4-3-14(17(7-16)23-2)10-21-15-8-18(5-6-24-12-18)11-19(9-15)13-20;2*1-2/h3-4,7,15,21H,5-6,8-12H2,1-2H3;2*1-2H3. The number of hydrogen-bond donors (Lipinski definition) is 1. The molecule has 156 valence electrons. The summed E-state index contributed by atoms with van der Waals surface area (Å²) in [6.45, 7) is 10.5. The molecule has 0 aromatic heterocycles. The van der Waals surface area contributed by atoms with Gasteiger partial charge in [0, 0.05) is 36.8 Å². The minimum atomic E-state index is 0.121. The zero-order valence-electron chi connectivity index (χ0n) is 18.5. The normalized spacial score (nSPS) is 23.0. The van der Waals surface area contributed by atoms with Gasteiger partial charge in [0.05, 0.1) is 20.8 Å². The number of nitrogens with one attached hydrogen (secondary N) is 1. The summed E-state index contributed by atoms with van der Waals surface area (Å²) in [5.41, 5.74) is 1.30. The van der Waals surface area contributed by atoms with Crippen LogP contribution >= 0.6 is 0 Å². The highest BCUT2D eigenvalue weighted by atomic mass is 16.5. The van der Waals surface area contributed by atoms with Crippen LogP contribution in [0.15, 0.2) is 18.2 Å². The molecule has 1 aromatic carbocycles. The van der Waals surface area contributed by atoms with Crippen molar-refractivity contribution in [1.82, 2.24) is 5.32 Å². The zero-order valence-corrected chi connectivity index (χ0v) is 18.5. The molecule has 6 heteroatoms. The topological polar surface area (TPSA) is 63.5 Å². The van der Waals surface area contributed by atoms with Crippen LogP contribution in [0, 0.1) is 16.6 Å². The second-order valence-corrected chi connectivity index (χ2v) is 7.03. The molecule has 3 rings (SSSR count). The largest absolute Gasteiger partial charge is 0.497 e. The predicted octanol–water partition coefficient (Wildman–Crippen LogP) is 4.58. The quantitative estimate of drug-likeness (QED) is 0.748. The van der Waals surface area contributed by atoms with E-state index in [1.165, 1.54) is 0 Å². The molecule has 2 fully saturated rings. The Morgan fingerprint density at radius 3 is 2.57 bits per heavy atom. The van der Waals surface area contributed by atoms with Crippen molar-refractivity contribution in [1.29, 1.82) is 5.26 Å². The Kier molecular flexibility index (Phi) is 11.0. The smallest absolute Gasteiger partial charge is 0.270 e. The Morgan fingerprint density at radius 2 is 2.00 bits per heavy atom. The van der Waals surface area contributed by atoms with Crippen molar-refractivity contribution in [3.05, 3.63) is 23.8 Å². The van der Waals surface area contributed by atoms with E-state index in [2.05, 4.69) is 11.3 Å². The van der Waals surface area contributed by atoms with Crippen molar-refractivity contribution in [2.45, 2.75) is 65.8 Å². The average Bonchev–Trinajstić information content (AvgIpc) is 3.21. The van der Waals surface area contributed by atoms with Gasteiger partial charge in [-0.3, -0.25) is 0 Å². The predicted molar refractivity (Wildman–Crippen MR) is 116 cm³/mol. The highest BCUT2D eigenvalue weighted by Crippen LogP contribution is 2.43. The second kappa shape index (κ2) is 12.7. The average molecular weight is 388 g/mol. The summed E-state index contributed by atoms with van der Waals surface area (Å²) in [6, 6.07) is 6.23. The molecule has 2 unspecified atom stereocenters. The van der Waals surface area contributed by atoms with Crippen LogP contribution in [0.25, 0.3) is 0 Å². The summed E-state index contributed by atoms with van der Waals surface area (Å²) < 4.78 is 16.4. The first-order chi connectivity index (χ1) is 13.7. The lowest BCUT2D eigenvalue weighted by Gasteiger charge is -2.38. The van der Waals surface area contributed by atoms with Gasteiger partial charge in [-0.05, 0) is 30.6 Å². The molecule has 2 atom stereocenters. The number of rotatable bonds is 5. The molecule has 2 aliphatic heterocycles. The van der Waals surface area contributed by atoms with Crippen molar-refractivity contribution in [2.75, 3.05) is 27.4 Å². The van der Waals surface area contributed by atoms with Gasteiger partial charge < -0.3 is 19.5 Å². The van der Waals surface area contributed by atoms with Gasteiger partial charge in [0.15, 0.2) is 0 Å². The monoisotopic (exact) mass is 388 g/mol. The zero-order chi connectivity index (χ0) is 21.0. The molecule has 28 heavy (non-hydrogen) atoms. The second-order valence-electron chi connectivity index (χ2n) is 7.03. The lowest BCUT2D eigenvalue weighted by atomic mass is 9.36. The number of nitrogens with zero attached hydrogens (tertiary/aromatic N) is 1. The third-order valence-electron chi connectivity index (χ3n) is 5.37. The van der Waals surface area contributed by atoms with E-state index < -0.39 is 0 Å². The minimum Gasteiger partial charge on any atom is -0.497 e. The van der Waals surface area contributed by atoms with E-state index in [1.807, 2.05) is 45.9 Å². The lowest BCUT2D eigenvalue weighted by molar-refractivity contribution is 0.144. The summed E-state index contributed by atoms with van der Waals surface area (Å²) >= 11 is 0. The molecule has 0 bridgehead atoms. The number of nitriles is 1. The molecular weight excluding hydrogens is 351 g/mol. The molecule has 5 nitrogen and oxygen atoms in total. The van der Waals surface area contributed by atoms with Crippen LogP contribution in [0.5, 0.6) is 11.5 Å². The van der Waals surface area contributed by atoms with E-state index in [9.17, 15) is 5.26 Å². The molecule has 1 aromatic rings. The van der Waals surface area contributed by atoms with Crippen LogP contribution in [0.2, 0.25) is 12.6 Å². The van der Waals surface area contributed by atoms with Gasteiger partial charge in [0.2, 0.25) is 0 Å². The first-order valence-corrected chi connectivity index (χ1v) is 10.6. The fourth-order valence-electron chi connectivity index (χ4n) is 4.12. The van der Waals surface area contributed by atoms with Crippen LogP contribution in [-0.4, -0.2) is 40.2 Å². The molecular formula is C22H37BN2O3. The summed E-state index contributed by atoms with van der Waals surface area (Å²) in [7, 11) is 3.33. The maximum Gasteiger partial charge on any atom is 0.270 e. The van der Waals surface area contributed by atoms with Crippen molar-refractivity contribution in [3.8, 4) is 17.5 Å². The lowest BCUT2D eigenvalue weighted by Crippen LogP contribution is -2.45. The molecule has 0 radical (unpaired) electrons. The highest BCUT2D eigenvalue weighted by molar-refractivity contribution is 6.67. The maximum atomic E-state index is 9.43. The highest BCUT2D eigenvalue weighted by Gasteiger charge is 2.44. The molecule has 0 aliphatic carbocycles. The molecule has 2 saturated heterocycles. The van der Waals surface area contributed by atoms with Crippen LogP contribution in [0.4, 0.5) is 0 Å². The maximum absolute atomic E-state index is 9.43. The molecule has 0 amide bonds. The van der Waals surface area contributed by atoms with E-state index in [0.717, 1.165) is 62.3 Å². The first-order valence-electron chi connectivity index (χ1n) is 10.6. The van der Waals surface area contributed by atoms with E-state index in [0.29, 0.717) is 6.04 Å². The van der Waals surface area contributed by atoms with E-state index in [1.54, 1.807) is 14.2 Å². The third-order valence-corrected chi connectivity index (χ3v) is 5.37. The van der Waals surface area contributed by atoms with Crippen LogP contribution in [0.3, 0.4) is 0 Å². The van der Waals surface area contributed by atoms with Crippen molar-refractivity contribution >= 4 is 6.71 Å². The third kappa shape index (κ3) is 6.43. The van der Waals surface area contributed by atoms with Gasteiger partial charge in [-0.2, -0.15) is 0 Å². The van der Waals surface area contributed by atoms with Gasteiger partial charge in [-0.25, -0.2) is 5.26 Å². The van der Waals surface area contributed by atoms with Gasteiger partial charge in [-0.15, -0.1) is 0 Å². The van der Waals surface area contributed by atoms with Crippen molar-refractivity contribution in [2.24, 2.45) is 5.41 Å². The Morgan fingerprint density at radius 1 is 1.25 bits per heavy atom. The summed E-state index contributed by atoms with van der Waals surface area (Å²) in [5.74, 6) is 4.10. The first kappa shape index (κ1) is 24.3. The Balaban J connectivity index is 0.000000921. The number of hydrogen-bond acceptors (Lipinski definition) is 5. The van der Waals surface area contributed by atoms with Crippen LogP contribution < -0.4 is 14.8 Å².